The van der Waals surface area contributed by atoms with Crippen molar-refractivity contribution in [3.63, 3.8) is 0 Å². The van der Waals surface area contributed by atoms with Gasteiger partial charge < -0.3 is 10.3 Å². The van der Waals surface area contributed by atoms with E-state index in [0.29, 0.717) is 27.1 Å². The lowest BCUT2D eigenvalue weighted by atomic mass is 10.1. The molecule has 0 aliphatic rings. The monoisotopic (exact) mass is 311 g/mol. The van der Waals surface area contributed by atoms with Crippen LogP contribution in [0.25, 0.3) is 0 Å². The van der Waals surface area contributed by atoms with Gasteiger partial charge in [0, 0.05) is 5.69 Å². The maximum absolute atomic E-state index is 12.0. The first-order valence-electron chi connectivity index (χ1n) is 6.17. The van der Waals surface area contributed by atoms with Gasteiger partial charge in [-0.1, -0.05) is 23.2 Å². The minimum Gasteiger partial charge on any atom is -0.378 e. The standard InChI is InChI=1S/C14H15Cl2N3O/c1-7-13(14(20)19-9(3)17-7)8(2)18-10-4-5-11(15)12(16)6-10/h4-6,8,18H,1-3H3,(H,17,19,20). The highest BCUT2D eigenvalue weighted by molar-refractivity contribution is 6.42. The highest BCUT2D eigenvalue weighted by atomic mass is 35.5. The van der Waals surface area contributed by atoms with Crippen LogP contribution in [0.3, 0.4) is 0 Å². The van der Waals surface area contributed by atoms with Crippen LogP contribution in [0.4, 0.5) is 5.69 Å². The van der Waals surface area contributed by atoms with Crippen molar-refractivity contribution in [3.05, 3.63) is 55.7 Å². The Hall–Kier alpha value is -1.52. The van der Waals surface area contributed by atoms with Crippen LogP contribution in [0.2, 0.25) is 10.0 Å². The van der Waals surface area contributed by atoms with E-state index < -0.39 is 0 Å². The van der Waals surface area contributed by atoms with Gasteiger partial charge >= 0.3 is 0 Å². The van der Waals surface area contributed by atoms with E-state index in [4.69, 9.17) is 23.2 Å². The Labute approximate surface area is 127 Å². The molecule has 2 N–H and O–H groups in total. The summed E-state index contributed by atoms with van der Waals surface area (Å²) in [6.45, 7) is 5.48. The minimum absolute atomic E-state index is 0.130. The van der Waals surface area contributed by atoms with E-state index in [9.17, 15) is 4.79 Å². The van der Waals surface area contributed by atoms with Crippen molar-refractivity contribution in [2.45, 2.75) is 26.8 Å². The van der Waals surface area contributed by atoms with Crippen molar-refractivity contribution in [2.24, 2.45) is 0 Å². The molecule has 0 aliphatic carbocycles. The first-order valence-corrected chi connectivity index (χ1v) is 6.93. The molecular formula is C14H15Cl2N3O. The average Bonchev–Trinajstić information content (AvgIpc) is 2.32. The van der Waals surface area contributed by atoms with Crippen LogP contribution >= 0.6 is 23.2 Å². The summed E-state index contributed by atoms with van der Waals surface area (Å²) in [6, 6.07) is 5.06. The molecule has 0 amide bonds. The maximum atomic E-state index is 12.0. The number of hydrogen-bond acceptors (Lipinski definition) is 3. The van der Waals surface area contributed by atoms with Crippen LogP contribution in [0.5, 0.6) is 0 Å². The van der Waals surface area contributed by atoms with E-state index in [0.717, 1.165) is 5.69 Å². The van der Waals surface area contributed by atoms with Crippen LogP contribution in [-0.2, 0) is 0 Å². The Bertz CT molecular complexity index is 697. The first kappa shape index (κ1) is 14.9. The van der Waals surface area contributed by atoms with Gasteiger partial charge in [-0.25, -0.2) is 4.98 Å². The predicted molar refractivity (Wildman–Crippen MR) is 82.8 cm³/mol. The average molecular weight is 312 g/mol. The molecule has 0 radical (unpaired) electrons. The number of aryl methyl sites for hydroxylation is 2. The second-order valence-electron chi connectivity index (χ2n) is 4.65. The molecule has 1 aromatic carbocycles. The van der Waals surface area contributed by atoms with E-state index in [-0.39, 0.29) is 11.6 Å². The van der Waals surface area contributed by atoms with Crippen LogP contribution in [0.1, 0.15) is 30.0 Å². The highest BCUT2D eigenvalue weighted by Gasteiger charge is 2.14. The van der Waals surface area contributed by atoms with Gasteiger partial charge in [0.15, 0.2) is 0 Å². The van der Waals surface area contributed by atoms with Gasteiger partial charge in [-0.2, -0.15) is 0 Å². The summed E-state index contributed by atoms with van der Waals surface area (Å²) in [5.41, 5.74) is 1.99. The van der Waals surface area contributed by atoms with E-state index >= 15 is 0 Å². The Morgan fingerprint density at radius 3 is 2.55 bits per heavy atom. The smallest absolute Gasteiger partial charge is 0.256 e. The molecule has 2 aromatic rings. The number of aromatic amines is 1. The molecule has 0 saturated heterocycles. The number of benzene rings is 1. The van der Waals surface area contributed by atoms with Crippen LogP contribution in [-0.4, -0.2) is 9.97 Å². The third-order valence-electron chi connectivity index (χ3n) is 3.00. The number of nitrogens with zero attached hydrogens (tertiary/aromatic N) is 1. The predicted octanol–water partition coefficient (Wildman–Crippen LogP) is 3.87. The molecule has 0 fully saturated rings. The SMILES string of the molecule is Cc1nc(C)c(C(C)Nc2ccc(Cl)c(Cl)c2)c(=O)[nH]1. The van der Waals surface area contributed by atoms with Gasteiger partial charge in [-0.15, -0.1) is 0 Å². The van der Waals surface area contributed by atoms with Crippen molar-refractivity contribution in [2.75, 3.05) is 5.32 Å². The summed E-state index contributed by atoms with van der Waals surface area (Å²) in [6.07, 6.45) is 0. The van der Waals surface area contributed by atoms with Crippen molar-refractivity contribution in [1.82, 2.24) is 9.97 Å². The van der Waals surface area contributed by atoms with Gasteiger partial charge in [-0.3, -0.25) is 4.79 Å². The van der Waals surface area contributed by atoms with Crippen LogP contribution < -0.4 is 10.9 Å². The van der Waals surface area contributed by atoms with Crippen LogP contribution in [0.15, 0.2) is 23.0 Å². The topological polar surface area (TPSA) is 57.8 Å². The second-order valence-corrected chi connectivity index (χ2v) is 5.46. The molecule has 1 atom stereocenters. The molecule has 4 nitrogen and oxygen atoms in total. The number of nitrogens with one attached hydrogen (secondary N) is 2. The molecule has 1 unspecified atom stereocenters. The zero-order valence-electron chi connectivity index (χ0n) is 11.4. The zero-order valence-corrected chi connectivity index (χ0v) is 12.9. The molecule has 2 rings (SSSR count). The molecule has 1 aromatic heterocycles. The summed E-state index contributed by atoms with van der Waals surface area (Å²) in [5, 5.41) is 4.19. The van der Waals surface area contributed by atoms with Gasteiger partial charge in [-0.05, 0) is 39.0 Å². The lowest BCUT2D eigenvalue weighted by Gasteiger charge is -2.17. The van der Waals surface area contributed by atoms with Crippen molar-refractivity contribution in [1.29, 1.82) is 0 Å². The zero-order chi connectivity index (χ0) is 14.9. The van der Waals surface area contributed by atoms with Gasteiger partial charge in [0.25, 0.3) is 5.56 Å². The normalized spacial score (nSPS) is 12.2. The minimum atomic E-state index is -0.191. The van der Waals surface area contributed by atoms with E-state index in [1.807, 2.05) is 19.9 Å². The fourth-order valence-corrected chi connectivity index (χ4v) is 2.45. The number of hydrogen-bond donors (Lipinski definition) is 2. The lowest BCUT2D eigenvalue weighted by Crippen LogP contribution is -2.23. The molecule has 106 valence electrons. The van der Waals surface area contributed by atoms with Crippen molar-refractivity contribution >= 4 is 28.9 Å². The number of rotatable bonds is 3. The quantitative estimate of drug-likeness (QED) is 0.904. The summed E-state index contributed by atoms with van der Waals surface area (Å²) in [4.78, 5) is 19.0. The Morgan fingerprint density at radius 1 is 1.25 bits per heavy atom. The summed E-state index contributed by atoms with van der Waals surface area (Å²) >= 11 is 11.9. The molecule has 0 aliphatic heterocycles. The fourth-order valence-electron chi connectivity index (χ4n) is 2.15. The molecule has 1 heterocycles. The van der Waals surface area contributed by atoms with Gasteiger partial charge in [0.05, 0.1) is 27.3 Å². The fraction of sp³-hybridized carbons (Fsp3) is 0.286. The molecule has 0 spiro atoms. The number of aromatic nitrogens is 2. The molecular weight excluding hydrogens is 297 g/mol. The third-order valence-corrected chi connectivity index (χ3v) is 3.74. The Balaban J connectivity index is 2.30. The highest BCUT2D eigenvalue weighted by Crippen LogP contribution is 2.27. The first-order chi connectivity index (χ1) is 9.38. The summed E-state index contributed by atoms with van der Waals surface area (Å²) < 4.78 is 0. The summed E-state index contributed by atoms with van der Waals surface area (Å²) in [5.74, 6) is 0.609. The molecule has 20 heavy (non-hydrogen) atoms. The Morgan fingerprint density at radius 2 is 1.95 bits per heavy atom. The lowest BCUT2D eigenvalue weighted by molar-refractivity contribution is 0.814. The molecule has 0 saturated carbocycles. The van der Waals surface area contributed by atoms with E-state index in [2.05, 4.69) is 15.3 Å². The van der Waals surface area contributed by atoms with Gasteiger partial charge in [0.2, 0.25) is 0 Å². The van der Waals surface area contributed by atoms with Crippen molar-refractivity contribution < 1.29 is 0 Å². The van der Waals surface area contributed by atoms with E-state index in [1.165, 1.54) is 0 Å². The second kappa shape index (κ2) is 5.85. The van der Waals surface area contributed by atoms with Crippen LogP contribution in [0, 0.1) is 13.8 Å². The maximum Gasteiger partial charge on any atom is 0.256 e. The third kappa shape index (κ3) is 3.14. The largest absolute Gasteiger partial charge is 0.378 e. The Kier molecular flexibility index (Phi) is 4.35. The molecule has 6 heteroatoms. The van der Waals surface area contributed by atoms with Gasteiger partial charge in [0.1, 0.15) is 5.82 Å². The molecule has 0 bridgehead atoms. The summed E-state index contributed by atoms with van der Waals surface area (Å²) in [7, 11) is 0. The van der Waals surface area contributed by atoms with Crippen molar-refractivity contribution in [3.8, 4) is 0 Å². The number of H-pyrrole nitrogens is 1. The number of anilines is 1. The number of halogens is 2. The van der Waals surface area contributed by atoms with E-state index in [1.54, 1.807) is 19.1 Å².